The van der Waals surface area contributed by atoms with Crippen LogP contribution in [0.15, 0.2) is 29.4 Å². The third-order valence-electron chi connectivity index (χ3n) is 4.19. The van der Waals surface area contributed by atoms with Crippen molar-refractivity contribution in [3.8, 4) is 0 Å². The van der Waals surface area contributed by atoms with E-state index in [1.165, 1.54) is 0 Å². The van der Waals surface area contributed by atoms with Crippen LogP contribution >= 0.6 is 24.0 Å². The number of benzene rings is 1. The lowest BCUT2D eigenvalue weighted by molar-refractivity contribution is 0.627. The van der Waals surface area contributed by atoms with Gasteiger partial charge < -0.3 is 15.2 Å². The molecule has 1 aromatic carbocycles. The SMILES string of the molecule is Cc1cc(C)nc(SCc2nc3cc(NC(=S)NCC(C)C)ccc3n2C)n1. The fraction of sp³-hybridized carbons (Fsp3) is 0.400. The molecule has 3 rings (SSSR count). The second kappa shape index (κ2) is 8.87. The van der Waals surface area contributed by atoms with Crippen molar-refractivity contribution in [2.75, 3.05) is 11.9 Å². The van der Waals surface area contributed by atoms with E-state index in [0.29, 0.717) is 16.8 Å². The Bertz CT molecular complexity index is 976. The van der Waals surface area contributed by atoms with Crippen LogP contribution in [0.4, 0.5) is 5.69 Å². The van der Waals surface area contributed by atoms with Crippen molar-refractivity contribution in [3.05, 3.63) is 41.5 Å². The molecular weight excluding hydrogens is 388 g/mol. The molecule has 0 saturated carbocycles. The van der Waals surface area contributed by atoms with Crippen LogP contribution in [0.1, 0.15) is 31.1 Å². The predicted molar refractivity (Wildman–Crippen MR) is 121 cm³/mol. The van der Waals surface area contributed by atoms with Crippen molar-refractivity contribution in [1.82, 2.24) is 24.8 Å². The second-order valence-electron chi connectivity index (χ2n) is 7.24. The highest BCUT2D eigenvalue weighted by atomic mass is 32.2. The van der Waals surface area contributed by atoms with E-state index in [1.54, 1.807) is 11.8 Å². The molecule has 148 valence electrons. The van der Waals surface area contributed by atoms with Crippen LogP contribution in [0.25, 0.3) is 11.0 Å². The first-order valence-electron chi connectivity index (χ1n) is 9.27. The number of aromatic nitrogens is 4. The lowest BCUT2D eigenvalue weighted by Gasteiger charge is -2.12. The third-order valence-corrected chi connectivity index (χ3v) is 5.28. The first kappa shape index (κ1) is 20.5. The molecule has 3 aromatic rings. The number of hydrogen-bond donors (Lipinski definition) is 2. The summed E-state index contributed by atoms with van der Waals surface area (Å²) >= 11 is 6.96. The van der Waals surface area contributed by atoms with Gasteiger partial charge in [-0.3, -0.25) is 0 Å². The minimum Gasteiger partial charge on any atom is -0.362 e. The highest BCUT2D eigenvalue weighted by Gasteiger charge is 2.11. The molecule has 8 heteroatoms. The van der Waals surface area contributed by atoms with Crippen LogP contribution < -0.4 is 10.6 Å². The number of fused-ring (bicyclic) bond motifs is 1. The Morgan fingerprint density at radius 2 is 1.86 bits per heavy atom. The van der Waals surface area contributed by atoms with E-state index in [9.17, 15) is 0 Å². The lowest BCUT2D eigenvalue weighted by Crippen LogP contribution is -2.31. The quantitative estimate of drug-likeness (QED) is 0.356. The molecule has 2 aromatic heterocycles. The van der Waals surface area contributed by atoms with E-state index >= 15 is 0 Å². The Morgan fingerprint density at radius 3 is 2.54 bits per heavy atom. The number of anilines is 1. The van der Waals surface area contributed by atoms with Gasteiger partial charge in [0.2, 0.25) is 0 Å². The summed E-state index contributed by atoms with van der Waals surface area (Å²) < 4.78 is 2.12. The molecule has 0 saturated heterocycles. The molecule has 0 aliphatic rings. The minimum absolute atomic E-state index is 0.541. The molecule has 6 nitrogen and oxygen atoms in total. The maximum atomic E-state index is 5.36. The van der Waals surface area contributed by atoms with E-state index in [1.807, 2.05) is 39.1 Å². The summed E-state index contributed by atoms with van der Waals surface area (Å²) in [6.07, 6.45) is 0. The first-order valence-corrected chi connectivity index (χ1v) is 10.7. The highest BCUT2D eigenvalue weighted by molar-refractivity contribution is 7.98. The minimum atomic E-state index is 0.541. The number of nitrogens with zero attached hydrogens (tertiary/aromatic N) is 4. The van der Waals surface area contributed by atoms with E-state index in [0.717, 1.165) is 45.6 Å². The number of nitrogens with one attached hydrogen (secondary N) is 2. The van der Waals surface area contributed by atoms with Crippen molar-refractivity contribution in [2.45, 2.75) is 38.6 Å². The average molecular weight is 415 g/mol. The Hall–Kier alpha value is -2.19. The van der Waals surface area contributed by atoms with Crippen molar-refractivity contribution in [1.29, 1.82) is 0 Å². The number of aryl methyl sites for hydroxylation is 3. The first-order chi connectivity index (χ1) is 13.3. The van der Waals surface area contributed by atoms with Gasteiger partial charge in [0.1, 0.15) is 5.82 Å². The van der Waals surface area contributed by atoms with Gasteiger partial charge in [0.05, 0.1) is 16.8 Å². The van der Waals surface area contributed by atoms with E-state index in [-0.39, 0.29) is 0 Å². The number of rotatable bonds is 6. The Morgan fingerprint density at radius 1 is 1.14 bits per heavy atom. The fourth-order valence-electron chi connectivity index (χ4n) is 2.82. The molecule has 0 bridgehead atoms. The largest absolute Gasteiger partial charge is 0.362 e. The summed E-state index contributed by atoms with van der Waals surface area (Å²) in [6.45, 7) is 9.13. The molecule has 0 fully saturated rings. The molecular formula is C20H26N6S2. The van der Waals surface area contributed by atoms with Crippen LogP contribution in [0.5, 0.6) is 0 Å². The number of thiocarbonyl (C=S) groups is 1. The topological polar surface area (TPSA) is 67.7 Å². The summed E-state index contributed by atoms with van der Waals surface area (Å²) in [4.78, 5) is 13.8. The zero-order valence-corrected chi connectivity index (χ0v) is 18.5. The molecule has 0 unspecified atom stereocenters. The maximum absolute atomic E-state index is 5.36. The zero-order valence-electron chi connectivity index (χ0n) is 16.9. The van der Waals surface area contributed by atoms with Crippen molar-refractivity contribution < 1.29 is 0 Å². The molecule has 0 amide bonds. The summed E-state index contributed by atoms with van der Waals surface area (Å²) in [5.74, 6) is 2.24. The molecule has 0 radical (unpaired) electrons. The van der Waals surface area contributed by atoms with Crippen molar-refractivity contribution >= 4 is 45.8 Å². The van der Waals surface area contributed by atoms with Crippen molar-refractivity contribution in [2.24, 2.45) is 13.0 Å². The van der Waals surface area contributed by atoms with E-state index in [4.69, 9.17) is 17.2 Å². The standard InChI is InChI=1S/C20H26N6S2/c1-12(2)10-21-19(27)24-15-6-7-17-16(9-15)25-18(26(17)5)11-28-20-22-13(3)8-14(4)23-20/h6-9,12H,10-11H2,1-5H3,(H2,21,24,27). The van der Waals surface area contributed by atoms with Gasteiger partial charge in [-0.25, -0.2) is 15.0 Å². The van der Waals surface area contributed by atoms with Crippen LogP contribution in [-0.4, -0.2) is 31.2 Å². The van der Waals surface area contributed by atoms with Crippen LogP contribution in [-0.2, 0) is 12.8 Å². The number of hydrogen-bond acceptors (Lipinski definition) is 5. The van der Waals surface area contributed by atoms with Gasteiger partial charge in [-0.05, 0) is 56.2 Å². The lowest BCUT2D eigenvalue weighted by atomic mass is 10.2. The molecule has 2 heterocycles. The Labute approximate surface area is 175 Å². The number of imidazole rings is 1. The summed E-state index contributed by atoms with van der Waals surface area (Å²) in [5.41, 5.74) is 4.93. The Balaban J connectivity index is 1.72. The monoisotopic (exact) mass is 414 g/mol. The molecule has 0 aliphatic heterocycles. The fourth-order valence-corrected chi connectivity index (χ4v) is 3.95. The van der Waals surface area contributed by atoms with Gasteiger partial charge in [0, 0.05) is 30.7 Å². The van der Waals surface area contributed by atoms with E-state index < -0.39 is 0 Å². The third kappa shape index (κ3) is 5.20. The smallest absolute Gasteiger partial charge is 0.188 e. The normalized spacial score (nSPS) is 11.2. The molecule has 0 spiro atoms. The van der Waals surface area contributed by atoms with Gasteiger partial charge in [0.25, 0.3) is 0 Å². The molecule has 2 N–H and O–H groups in total. The van der Waals surface area contributed by atoms with Crippen LogP contribution in [0, 0.1) is 19.8 Å². The van der Waals surface area contributed by atoms with Gasteiger partial charge in [0.15, 0.2) is 10.3 Å². The summed E-state index contributed by atoms with van der Waals surface area (Å²) in [6, 6.07) is 8.10. The van der Waals surface area contributed by atoms with Crippen LogP contribution in [0.2, 0.25) is 0 Å². The maximum Gasteiger partial charge on any atom is 0.188 e. The number of thioether (sulfide) groups is 1. The second-order valence-corrected chi connectivity index (χ2v) is 8.59. The van der Waals surface area contributed by atoms with Crippen LogP contribution in [0.3, 0.4) is 0 Å². The predicted octanol–water partition coefficient (Wildman–Crippen LogP) is 4.21. The molecule has 0 atom stereocenters. The Kier molecular flexibility index (Phi) is 6.51. The molecule has 28 heavy (non-hydrogen) atoms. The van der Waals surface area contributed by atoms with Gasteiger partial charge in [-0.1, -0.05) is 25.6 Å². The van der Waals surface area contributed by atoms with Gasteiger partial charge >= 0.3 is 0 Å². The summed E-state index contributed by atoms with van der Waals surface area (Å²) in [7, 11) is 2.04. The van der Waals surface area contributed by atoms with Gasteiger partial charge in [-0.15, -0.1) is 0 Å². The van der Waals surface area contributed by atoms with E-state index in [2.05, 4.69) is 45.1 Å². The highest BCUT2D eigenvalue weighted by Crippen LogP contribution is 2.24. The van der Waals surface area contributed by atoms with Crippen molar-refractivity contribution in [3.63, 3.8) is 0 Å². The van der Waals surface area contributed by atoms with Gasteiger partial charge in [-0.2, -0.15) is 0 Å². The zero-order chi connectivity index (χ0) is 20.3. The summed E-state index contributed by atoms with van der Waals surface area (Å²) in [5, 5.41) is 7.87. The average Bonchev–Trinajstić information content (AvgIpc) is 2.93. The molecule has 0 aliphatic carbocycles.